The quantitative estimate of drug-likeness (QED) is 0.841. The third kappa shape index (κ3) is 2.07. The standard InChI is InChI=1S/C12H16F2N2/c13-12(14)5-3-11(9-15,4-6-12)10-1-7-16-8-2-10/h1-2,7-8H,3-6,9,15H2. The van der Waals surface area contributed by atoms with E-state index in [2.05, 4.69) is 4.98 Å². The Bertz CT molecular complexity index is 341. The summed E-state index contributed by atoms with van der Waals surface area (Å²) >= 11 is 0. The molecule has 0 saturated heterocycles. The highest BCUT2D eigenvalue weighted by atomic mass is 19.3. The lowest BCUT2D eigenvalue weighted by molar-refractivity contribution is -0.0509. The molecule has 0 radical (unpaired) electrons. The molecule has 4 heteroatoms. The molecule has 1 aromatic heterocycles. The fraction of sp³-hybridized carbons (Fsp3) is 0.583. The fourth-order valence-electron chi connectivity index (χ4n) is 2.41. The molecule has 2 N–H and O–H groups in total. The van der Waals surface area contributed by atoms with Crippen molar-refractivity contribution in [1.29, 1.82) is 0 Å². The number of hydrogen-bond acceptors (Lipinski definition) is 2. The van der Waals surface area contributed by atoms with E-state index in [1.54, 1.807) is 12.4 Å². The minimum Gasteiger partial charge on any atom is -0.330 e. The average molecular weight is 226 g/mol. The molecule has 1 saturated carbocycles. The minimum atomic E-state index is -2.51. The molecule has 2 rings (SSSR count). The van der Waals surface area contributed by atoms with E-state index in [9.17, 15) is 8.78 Å². The Morgan fingerprint density at radius 3 is 2.19 bits per heavy atom. The van der Waals surface area contributed by atoms with Crippen LogP contribution in [0.5, 0.6) is 0 Å². The summed E-state index contributed by atoms with van der Waals surface area (Å²) in [6.07, 6.45) is 4.18. The first-order valence-corrected chi connectivity index (χ1v) is 5.56. The maximum Gasteiger partial charge on any atom is 0.248 e. The van der Waals surface area contributed by atoms with Crippen LogP contribution in [0.3, 0.4) is 0 Å². The van der Waals surface area contributed by atoms with Crippen LogP contribution >= 0.6 is 0 Å². The van der Waals surface area contributed by atoms with Crippen molar-refractivity contribution >= 4 is 0 Å². The Morgan fingerprint density at radius 2 is 1.69 bits per heavy atom. The van der Waals surface area contributed by atoms with E-state index in [0.717, 1.165) is 5.56 Å². The maximum atomic E-state index is 13.1. The van der Waals surface area contributed by atoms with Gasteiger partial charge in [0.2, 0.25) is 5.92 Å². The van der Waals surface area contributed by atoms with Crippen molar-refractivity contribution in [1.82, 2.24) is 4.98 Å². The molecule has 0 aromatic carbocycles. The lowest BCUT2D eigenvalue weighted by Crippen LogP contribution is -2.42. The van der Waals surface area contributed by atoms with E-state index in [-0.39, 0.29) is 18.3 Å². The first-order valence-electron chi connectivity index (χ1n) is 5.56. The lowest BCUT2D eigenvalue weighted by atomic mass is 9.69. The second-order valence-corrected chi connectivity index (χ2v) is 4.58. The van der Waals surface area contributed by atoms with Gasteiger partial charge in [-0.15, -0.1) is 0 Å². The minimum absolute atomic E-state index is 0.0630. The number of pyridine rings is 1. The van der Waals surface area contributed by atoms with Gasteiger partial charge in [-0.25, -0.2) is 8.78 Å². The number of nitrogens with zero attached hydrogens (tertiary/aromatic N) is 1. The number of rotatable bonds is 2. The third-order valence-corrected chi connectivity index (χ3v) is 3.62. The highest BCUT2D eigenvalue weighted by Crippen LogP contribution is 2.44. The van der Waals surface area contributed by atoms with Crippen LogP contribution in [0.1, 0.15) is 31.2 Å². The molecule has 0 aliphatic heterocycles. The summed E-state index contributed by atoms with van der Waals surface area (Å²) < 4.78 is 26.3. The highest BCUT2D eigenvalue weighted by molar-refractivity contribution is 5.24. The van der Waals surface area contributed by atoms with E-state index in [1.165, 1.54) is 0 Å². The molecule has 0 amide bonds. The van der Waals surface area contributed by atoms with Crippen LogP contribution in [0, 0.1) is 0 Å². The molecular formula is C12H16F2N2. The summed E-state index contributed by atoms with van der Waals surface area (Å²) in [5.74, 6) is -2.51. The summed E-state index contributed by atoms with van der Waals surface area (Å²) in [5, 5.41) is 0. The van der Waals surface area contributed by atoms with Crippen LogP contribution in [0.25, 0.3) is 0 Å². The molecule has 1 aromatic rings. The number of alkyl halides is 2. The number of nitrogens with two attached hydrogens (primary N) is 1. The van der Waals surface area contributed by atoms with Gasteiger partial charge in [0.25, 0.3) is 0 Å². The van der Waals surface area contributed by atoms with Crippen molar-refractivity contribution in [2.45, 2.75) is 37.0 Å². The highest BCUT2D eigenvalue weighted by Gasteiger charge is 2.43. The Morgan fingerprint density at radius 1 is 1.12 bits per heavy atom. The topological polar surface area (TPSA) is 38.9 Å². The smallest absolute Gasteiger partial charge is 0.248 e. The number of halogens is 2. The normalized spacial score (nSPS) is 22.9. The fourth-order valence-corrected chi connectivity index (χ4v) is 2.41. The van der Waals surface area contributed by atoms with Gasteiger partial charge < -0.3 is 5.73 Å². The van der Waals surface area contributed by atoms with E-state index >= 15 is 0 Å². The molecular weight excluding hydrogens is 210 g/mol. The van der Waals surface area contributed by atoms with Gasteiger partial charge in [-0.1, -0.05) is 0 Å². The first kappa shape index (κ1) is 11.5. The Labute approximate surface area is 93.9 Å². The van der Waals surface area contributed by atoms with Crippen molar-refractivity contribution in [3.8, 4) is 0 Å². The average Bonchev–Trinajstić information content (AvgIpc) is 2.31. The zero-order chi connectivity index (χ0) is 11.6. The Balaban J connectivity index is 2.23. The van der Waals surface area contributed by atoms with Crippen molar-refractivity contribution in [2.24, 2.45) is 5.73 Å². The summed E-state index contributed by atoms with van der Waals surface area (Å²) in [7, 11) is 0. The van der Waals surface area contributed by atoms with Crippen molar-refractivity contribution in [3.05, 3.63) is 30.1 Å². The molecule has 16 heavy (non-hydrogen) atoms. The van der Waals surface area contributed by atoms with Crippen LogP contribution in [0.15, 0.2) is 24.5 Å². The van der Waals surface area contributed by atoms with E-state index < -0.39 is 5.92 Å². The van der Waals surface area contributed by atoms with Gasteiger partial charge in [-0.3, -0.25) is 4.98 Å². The molecule has 0 atom stereocenters. The SMILES string of the molecule is NCC1(c2ccncc2)CCC(F)(F)CC1. The summed E-state index contributed by atoms with van der Waals surface area (Å²) in [4.78, 5) is 3.95. The summed E-state index contributed by atoms with van der Waals surface area (Å²) in [6.45, 7) is 0.424. The molecule has 1 aliphatic carbocycles. The van der Waals surface area contributed by atoms with Crippen LogP contribution < -0.4 is 5.73 Å². The Hall–Kier alpha value is -1.03. The molecule has 0 bridgehead atoms. The predicted octanol–water partition coefficient (Wildman–Crippen LogP) is 2.49. The second-order valence-electron chi connectivity index (χ2n) is 4.58. The van der Waals surface area contributed by atoms with E-state index in [4.69, 9.17) is 5.73 Å². The van der Waals surface area contributed by atoms with Gasteiger partial charge >= 0.3 is 0 Å². The molecule has 88 valence electrons. The van der Waals surface area contributed by atoms with E-state index in [0.29, 0.717) is 19.4 Å². The molecule has 1 aliphatic rings. The molecule has 2 nitrogen and oxygen atoms in total. The lowest BCUT2D eigenvalue weighted by Gasteiger charge is -2.39. The summed E-state index contributed by atoms with van der Waals surface area (Å²) in [5.41, 5.74) is 6.56. The van der Waals surface area contributed by atoms with E-state index in [1.807, 2.05) is 12.1 Å². The Kier molecular flexibility index (Phi) is 2.93. The van der Waals surface area contributed by atoms with Crippen molar-refractivity contribution in [2.75, 3.05) is 6.54 Å². The van der Waals surface area contributed by atoms with Crippen LogP contribution in [-0.2, 0) is 5.41 Å². The van der Waals surface area contributed by atoms with Crippen LogP contribution in [0.2, 0.25) is 0 Å². The van der Waals surface area contributed by atoms with Crippen molar-refractivity contribution in [3.63, 3.8) is 0 Å². The number of hydrogen-bond donors (Lipinski definition) is 1. The van der Waals surface area contributed by atoms with Gasteiger partial charge in [0, 0.05) is 37.2 Å². The zero-order valence-electron chi connectivity index (χ0n) is 9.13. The first-order chi connectivity index (χ1) is 7.58. The van der Waals surface area contributed by atoms with Crippen LogP contribution in [-0.4, -0.2) is 17.5 Å². The molecule has 1 heterocycles. The molecule has 0 spiro atoms. The monoisotopic (exact) mass is 226 g/mol. The predicted molar refractivity (Wildman–Crippen MR) is 58.4 cm³/mol. The molecule has 0 unspecified atom stereocenters. The third-order valence-electron chi connectivity index (χ3n) is 3.62. The second kappa shape index (κ2) is 4.09. The van der Waals surface area contributed by atoms with Gasteiger partial charge in [0.05, 0.1) is 0 Å². The van der Waals surface area contributed by atoms with Crippen molar-refractivity contribution < 1.29 is 8.78 Å². The zero-order valence-corrected chi connectivity index (χ0v) is 9.13. The van der Waals surface area contributed by atoms with Gasteiger partial charge in [0.1, 0.15) is 0 Å². The van der Waals surface area contributed by atoms with Gasteiger partial charge in [-0.2, -0.15) is 0 Å². The van der Waals surface area contributed by atoms with Gasteiger partial charge in [0.15, 0.2) is 0 Å². The van der Waals surface area contributed by atoms with Crippen LogP contribution in [0.4, 0.5) is 8.78 Å². The molecule has 1 fully saturated rings. The van der Waals surface area contributed by atoms with Gasteiger partial charge in [-0.05, 0) is 30.5 Å². The largest absolute Gasteiger partial charge is 0.330 e. The number of aromatic nitrogens is 1. The summed E-state index contributed by atoms with van der Waals surface area (Å²) in [6, 6.07) is 3.77. The maximum absolute atomic E-state index is 13.1.